The van der Waals surface area contributed by atoms with E-state index in [0.29, 0.717) is 12.1 Å². The Morgan fingerprint density at radius 2 is 2.04 bits per heavy atom. The Kier molecular flexibility index (Phi) is 9.24. The molecule has 0 radical (unpaired) electrons. The molecule has 1 N–H and O–H groups in total. The molecule has 1 aliphatic heterocycles. The van der Waals surface area contributed by atoms with Crippen LogP contribution < -0.4 is 5.32 Å². The maximum Gasteiger partial charge on any atom is 0.244 e. The molecule has 0 spiro atoms. The lowest BCUT2D eigenvalue weighted by Gasteiger charge is -2.27. The Morgan fingerprint density at radius 3 is 2.74 bits per heavy atom. The summed E-state index contributed by atoms with van der Waals surface area (Å²) in [5.41, 5.74) is 0.402. The lowest BCUT2D eigenvalue weighted by molar-refractivity contribution is -0.116. The van der Waals surface area contributed by atoms with Gasteiger partial charge in [-0.15, -0.1) is 12.4 Å². The van der Waals surface area contributed by atoms with E-state index in [0.717, 1.165) is 37.6 Å². The minimum atomic E-state index is -0.650. The van der Waals surface area contributed by atoms with Gasteiger partial charge in [-0.1, -0.05) is 29.4 Å². The average molecular weight is 361 g/mol. The first-order chi connectivity index (χ1) is 10.6. The van der Waals surface area contributed by atoms with Crippen LogP contribution in [-0.4, -0.2) is 53.0 Å². The second kappa shape index (κ2) is 10.6. The molecule has 1 aliphatic rings. The van der Waals surface area contributed by atoms with Crippen LogP contribution in [0.1, 0.15) is 12.0 Å². The normalized spacial score (nSPS) is 16.3. The van der Waals surface area contributed by atoms with Crippen molar-refractivity contribution in [2.45, 2.75) is 6.42 Å². The van der Waals surface area contributed by atoms with Crippen molar-refractivity contribution in [1.29, 1.82) is 0 Å². The molecule has 1 aromatic carbocycles. The number of halogens is 2. The summed E-state index contributed by atoms with van der Waals surface area (Å²) in [7, 11) is 0. The summed E-state index contributed by atoms with van der Waals surface area (Å²) in [6.45, 7) is 3.22. The quantitative estimate of drug-likeness (QED) is 0.478. The smallest absolute Gasteiger partial charge is 0.244 e. The number of nitrogens with one attached hydrogen (secondary N) is 1. The van der Waals surface area contributed by atoms with Gasteiger partial charge in [-0.3, -0.25) is 9.69 Å². The van der Waals surface area contributed by atoms with E-state index in [9.17, 15) is 13.7 Å². The number of carbonyl (C=O) groups is 1. The van der Waals surface area contributed by atoms with Crippen LogP contribution in [-0.2, 0) is 16.0 Å². The maximum absolute atomic E-state index is 13.4. The highest BCUT2D eigenvalue weighted by Crippen LogP contribution is 2.08. The third-order valence-electron chi connectivity index (χ3n) is 3.54. The van der Waals surface area contributed by atoms with Crippen LogP contribution in [0.5, 0.6) is 0 Å². The van der Waals surface area contributed by atoms with Gasteiger partial charge in [0.1, 0.15) is 17.3 Å². The van der Waals surface area contributed by atoms with E-state index >= 15 is 0 Å². The van der Waals surface area contributed by atoms with Crippen LogP contribution >= 0.6 is 12.4 Å². The number of benzene rings is 1. The molecule has 7 heteroatoms. The Hall–Kier alpha value is -1.08. The molecule has 0 bridgehead atoms. The van der Waals surface area contributed by atoms with E-state index in [4.69, 9.17) is 0 Å². The summed E-state index contributed by atoms with van der Waals surface area (Å²) in [6, 6.07) is 6.33. The Bertz CT molecular complexity index is 523. The first-order valence-corrected chi connectivity index (χ1v) is 8.92. The molecule has 0 aromatic heterocycles. The van der Waals surface area contributed by atoms with Crippen molar-refractivity contribution < 1.29 is 13.7 Å². The van der Waals surface area contributed by atoms with Crippen molar-refractivity contribution in [1.82, 2.24) is 10.2 Å². The molecular formula is C16H22ClFN2O2S. The molecule has 0 saturated carbocycles. The molecule has 0 atom stereocenters. The number of carbonyl (C=O) groups excluding carboxylic acids is 1. The summed E-state index contributed by atoms with van der Waals surface area (Å²) in [5.74, 6) is 0.937. The fourth-order valence-corrected chi connectivity index (χ4v) is 3.38. The molecule has 0 unspecified atom stereocenters. The molecular weight excluding hydrogens is 339 g/mol. The second-order valence-corrected chi connectivity index (χ2v) is 6.89. The molecule has 1 fully saturated rings. The Morgan fingerprint density at radius 1 is 1.35 bits per heavy atom. The molecule has 128 valence electrons. The molecule has 1 aromatic rings. The van der Waals surface area contributed by atoms with Gasteiger partial charge < -0.3 is 9.87 Å². The molecule has 1 amide bonds. The molecule has 0 aliphatic carbocycles. The van der Waals surface area contributed by atoms with Gasteiger partial charge in [-0.05, 0) is 18.6 Å². The molecule has 2 rings (SSSR count). The highest BCUT2D eigenvalue weighted by atomic mass is 35.5. The zero-order valence-electron chi connectivity index (χ0n) is 12.9. The fourth-order valence-electron chi connectivity index (χ4n) is 2.25. The van der Waals surface area contributed by atoms with E-state index in [1.807, 2.05) is 0 Å². The van der Waals surface area contributed by atoms with E-state index in [2.05, 4.69) is 10.2 Å². The largest absolute Gasteiger partial charge is 0.616 e. The van der Waals surface area contributed by atoms with Crippen molar-refractivity contribution in [3.05, 3.63) is 41.7 Å². The van der Waals surface area contributed by atoms with E-state index in [1.165, 1.54) is 18.2 Å². The van der Waals surface area contributed by atoms with Crippen LogP contribution in [0.25, 0.3) is 6.08 Å². The Labute approximate surface area is 145 Å². The maximum atomic E-state index is 13.4. The molecule has 1 heterocycles. The van der Waals surface area contributed by atoms with Gasteiger partial charge in [-0.25, -0.2) is 4.39 Å². The lowest BCUT2D eigenvalue weighted by atomic mass is 10.2. The van der Waals surface area contributed by atoms with Crippen LogP contribution in [0.4, 0.5) is 4.39 Å². The standard InChI is InChI=1S/C16H21FN2O2S.ClH/c17-15-5-2-1-4-14(15)6-7-16(20)18-8-3-9-19-10-12-22(21)13-11-19;/h1-2,4-7H,3,8-13H2,(H,18,20);1H/b7-6+;. The first-order valence-electron chi connectivity index (χ1n) is 7.43. The summed E-state index contributed by atoms with van der Waals surface area (Å²) >= 11 is -0.650. The number of rotatable bonds is 6. The topological polar surface area (TPSA) is 55.4 Å². The third-order valence-corrected chi connectivity index (χ3v) is 4.82. The SMILES string of the molecule is Cl.O=C(/C=C/c1ccccc1F)NCCCN1CC[S+]([O-])CC1. The van der Waals surface area contributed by atoms with Crippen LogP contribution in [0.2, 0.25) is 0 Å². The third kappa shape index (κ3) is 7.35. The number of amides is 1. The zero-order valence-corrected chi connectivity index (χ0v) is 14.5. The lowest BCUT2D eigenvalue weighted by Crippen LogP contribution is -2.41. The Balaban J connectivity index is 0.00000264. The monoisotopic (exact) mass is 360 g/mol. The van der Waals surface area contributed by atoms with E-state index in [-0.39, 0.29) is 24.1 Å². The zero-order chi connectivity index (χ0) is 15.8. The van der Waals surface area contributed by atoms with E-state index in [1.54, 1.807) is 18.2 Å². The minimum Gasteiger partial charge on any atom is -0.616 e. The number of hydrogen-bond acceptors (Lipinski definition) is 3. The minimum absolute atomic E-state index is 0. The van der Waals surface area contributed by atoms with Gasteiger partial charge >= 0.3 is 0 Å². The van der Waals surface area contributed by atoms with Crippen molar-refractivity contribution in [3.63, 3.8) is 0 Å². The van der Waals surface area contributed by atoms with Crippen molar-refractivity contribution in [2.24, 2.45) is 0 Å². The van der Waals surface area contributed by atoms with Crippen LogP contribution in [0.15, 0.2) is 30.3 Å². The van der Waals surface area contributed by atoms with E-state index < -0.39 is 11.2 Å². The van der Waals surface area contributed by atoms with Crippen molar-refractivity contribution >= 4 is 35.6 Å². The summed E-state index contributed by atoms with van der Waals surface area (Å²) in [5, 5.41) is 2.79. The second-order valence-electron chi connectivity index (χ2n) is 5.19. The number of nitrogens with zero attached hydrogens (tertiary/aromatic N) is 1. The summed E-state index contributed by atoms with van der Waals surface area (Å²) in [4.78, 5) is 13.9. The predicted octanol–water partition coefficient (Wildman–Crippen LogP) is 1.83. The highest BCUT2D eigenvalue weighted by molar-refractivity contribution is 7.91. The summed E-state index contributed by atoms with van der Waals surface area (Å²) in [6.07, 6.45) is 3.68. The van der Waals surface area contributed by atoms with Crippen LogP contribution in [0, 0.1) is 5.82 Å². The van der Waals surface area contributed by atoms with Gasteiger partial charge in [0.2, 0.25) is 5.91 Å². The van der Waals surface area contributed by atoms with Gasteiger partial charge in [0, 0.05) is 37.8 Å². The van der Waals surface area contributed by atoms with Gasteiger partial charge in [0.25, 0.3) is 0 Å². The van der Waals surface area contributed by atoms with Gasteiger partial charge in [-0.2, -0.15) is 0 Å². The van der Waals surface area contributed by atoms with Crippen molar-refractivity contribution in [2.75, 3.05) is 37.7 Å². The van der Waals surface area contributed by atoms with Gasteiger partial charge in [0.05, 0.1) is 0 Å². The molecule has 4 nitrogen and oxygen atoms in total. The predicted molar refractivity (Wildman–Crippen MR) is 94.6 cm³/mol. The first kappa shape index (κ1) is 20.0. The number of hydrogen-bond donors (Lipinski definition) is 1. The van der Waals surface area contributed by atoms with Crippen molar-refractivity contribution in [3.8, 4) is 0 Å². The average Bonchev–Trinajstić information content (AvgIpc) is 2.52. The molecule has 23 heavy (non-hydrogen) atoms. The fraction of sp³-hybridized carbons (Fsp3) is 0.438. The van der Waals surface area contributed by atoms with Gasteiger partial charge in [0.15, 0.2) is 0 Å². The molecule has 1 saturated heterocycles. The summed E-state index contributed by atoms with van der Waals surface area (Å²) < 4.78 is 24.6. The van der Waals surface area contributed by atoms with Crippen LogP contribution in [0.3, 0.4) is 0 Å². The highest BCUT2D eigenvalue weighted by Gasteiger charge is 2.18.